The second kappa shape index (κ2) is 11.6. The lowest BCUT2D eigenvalue weighted by Crippen LogP contribution is -2.15. The van der Waals surface area contributed by atoms with Crippen LogP contribution in [0.15, 0.2) is 156 Å². The minimum Gasteiger partial charge on any atom is -0.435 e. The third-order valence-corrected chi connectivity index (χ3v) is 10.2. The Morgan fingerprint density at radius 2 is 1.15 bits per heavy atom. The van der Waals surface area contributed by atoms with E-state index in [-0.39, 0.29) is 5.41 Å². The van der Waals surface area contributed by atoms with Gasteiger partial charge in [-0.1, -0.05) is 117 Å². The molecule has 0 N–H and O–H groups in total. The molecule has 52 heavy (non-hydrogen) atoms. The maximum atomic E-state index is 6.57. The Kier molecular flexibility index (Phi) is 6.73. The van der Waals surface area contributed by atoms with Gasteiger partial charge >= 0.3 is 0 Å². The third kappa shape index (κ3) is 4.83. The molecule has 0 amide bonds. The van der Waals surface area contributed by atoms with E-state index in [9.17, 15) is 0 Å². The van der Waals surface area contributed by atoms with Gasteiger partial charge in [0, 0.05) is 44.8 Å². The van der Waals surface area contributed by atoms with E-state index in [1.807, 2.05) is 97.2 Å². The average molecular weight is 670 g/mol. The molecule has 0 atom stereocenters. The smallest absolute Gasteiger partial charge is 0.227 e. The highest BCUT2D eigenvalue weighted by Gasteiger charge is 2.37. The molecule has 0 fully saturated rings. The minimum atomic E-state index is -0.283. The molecular formula is C46H31N5O. The Bertz CT molecular complexity index is 2810. The normalized spacial score (nSPS) is 13.0. The number of oxazole rings is 1. The van der Waals surface area contributed by atoms with Crippen LogP contribution in [0.3, 0.4) is 0 Å². The Morgan fingerprint density at radius 3 is 1.90 bits per heavy atom. The molecule has 9 aromatic rings. The fourth-order valence-corrected chi connectivity index (χ4v) is 7.56. The standard InChI is InChI=1S/C46H31N5O/c1-46(2)35-23-20-28-21-24-38-41(52-45(48-38)30-14-7-4-8-15-30)39(28)40(35)34-22-19-33(27-36(34)46)44-50-42(29-12-5-3-6-13-29)49-43(51-44)32-17-11-16-31(26-32)37-18-9-10-25-47-37/h3-27H,1-2H3. The van der Waals surface area contributed by atoms with Crippen molar-refractivity contribution >= 4 is 21.9 Å². The van der Waals surface area contributed by atoms with Crippen molar-refractivity contribution in [1.82, 2.24) is 24.9 Å². The lowest BCUT2D eigenvalue weighted by Gasteiger charge is -2.22. The number of pyridine rings is 1. The number of nitrogens with zero attached hydrogens (tertiary/aromatic N) is 5. The lowest BCUT2D eigenvalue weighted by molar-refractivity contribution is 0.623. The number of fused-ring (bicyclic) bond motifs is 7. The highest BCUT2D eigenvalue weighted by molar-refractivity contribution is 6.14. The van der Waals surface area contributed by atoms with Gasteiger partial charge in [-0.3, -0.25) is 4.98 Å². The molecular weight excluding hydrogens is 639 g/mol. The predicted molar refractivity (Wildman–Crippen MR) is 207 cm³/mol. The molecule has 3 aromatic heterocycles. The fraction of sp³-hybridized carbons (Fsp3) is 0.0652. The van der Waals surface area contributed by atoms with Crippen molar-refractivity contribution < 1.29 is 4.42 Å². The van der Waals surface area contributed by atoms with Crippen LogP contribution in [0.4, 0.5) is 0 Å². The van der Waals surface area contributed by atoms with E-state index in [0.717, 1.165) is 55.4 Å². The van der Waals surface area contributed by atoms with Gasteiger partial charge in [-0.2, -0.15) is 0 Å². The van der Waals surface area contributed by atoms with Crippen molar-refractivity contribution in [1.29, 1.82) is 0 Å². The second-order valence-electron chi connectivity index (χ2n) is 13.7. The van der Waals surface area contributed by atoms with Crippen LogP contribution in [0, 0.1) is 0 Å². The molecule has 1 aliphatic rings. The van der Waals surface area contributed by atoms with Crippen LogP contribution in [0.1, 0.15) is 25.0 Å². The maximum absolute atomic E-state index is 6.57. The van der Waals surface area contributed by atoms with Crippen molar-refractivity contribution in [3.05, 3.63) is 163 Å². The number of hydrogen-bond donors (Lipinski definition) is 0. The van der Waals surface area contributed by atoms with Crippen molar-refractivity contribution in [2.75, 3.05) is 0 Å². The van der Waals surface area contributed by atoms with Crippen LogP contribution < -0.4 is 0 Å². The van der Waals surface area contributed by atoms with E-state index in [2.05, 4.69) is 73.4 Å². The molecule has 1 aliphatic carbocycles. The minimum absolute atomic E-state index is 0.283. The molecule has 0 unspecified atom stereocenters. The van der Waals surface area contributed by atoms with Gasteiger partial charge < -0.3 is 4.42 Å². The van der Waals surface area contributed by atoms with Gasteiger partial charge in [0.1, 0.15) is 5.52 Å². The summed E-state index contributed by atoms with van der Waals surface area (Å²) < 4.78 is 6.57. The SMILES string of the molecule is CC1(C)c2cc(-c3nc(-c4ccccc4)nc(-c4cccc(-c5ccccn5)c4)n3)ccc2-c2c1ccc1ccc3nc(-c4ccccc4)oc3c21. The summed E-state index contributed by atoms with van der Waals surface area (Å²) in [6.45, 7) is 4.58. The van der Waals surface area contributed by atoms with Crippen molar-refractivity contribution in [3.8, 4) is 68.0 Å². The molecule has 0 saturated carbocycles. The summed E-state index contributed by atoms with van der Waals surface area (Å²) >= 11 is 0. The maximum Gasteiger partial charge on any atom is 0.227 e. The molecule has 6 heteroatoms. The first kappa shape index (κ1) is 30.1. The van der Waals surface area contributed by atoms with Gasteiger partial charge in [0.05, 0.1) is 5.69 Å². The van der Waals surface area contributed by atoms with E-state index in [1.54, 1.807) is 0 Å². The van der Waals surface area contributed by atoms with Gasteiger partial charge in [-0.25, -0.2) is 19.9 Å². The molecule has 10 rings (SSSR count). The largest absolute Gasteiger partial charge is 0.435 e. The Hall–Kier alpha value is -6.79. The van der Waals surface area contributed by atoms with Gasteiger partial charge in [0.2, 0.25) is 5.89 Å². The Labute approximate surface area is 300 Å². The highest BCUT2D eigenvalue weighted by atomic mass is 16.3. The summed E-state index contributed by atoms with van der Waals surface area (Å²) in [7, 11) is 0. The van der Waals surface area contributed by atoms with Crippen LogP contribution in [-0.4, -0.2) is 24.9 Å². The van der Waals surface area contributed by atoms with Crippen molar-refractivity contribution in [2.45, 2.75) is 19.3 Å². The van der Waals surface area contributed by atoms with Crippen molar-refractivity contribution in [2.24, 2.45) is 0 Å². The molecule has 6 aromatic carbocycles. The van der Waals surface area contributed by atoms with E-state index < -0.39 is 0 Å². The third-order valence-electron chi connectivity index (χ3n) is 10.2. The van der Waals surface area contributed by atoms with Crippen LogP contribution >= 0.6 is 0 Å². The predicted octanol–water partition coefficient (Wildman–Crippen LogP) is 11.2. The quantitative estimate of drug-likeness (QED) is 0.181. The van der Waals surface area contributed by atoms with Crippen molar-refractivity contribution in [3.63, 3.8) is 0 Å². The molecule has 3 heterocycles. The van der Waals surface area contributed by atoms with Crippen LogP contribution in [-0.2, 0) is 5.41 Å². The highest BCUT2D eigenvalue weighted by Crippen LogP contribution is 2.53. The molecule has 6 nitrogen and oxygen atoms in total. The van der Waals surface area contributed by atoms with E-state index >= 15 is 0 Å². The first-order valence-electron chi connectivity index (χ1n) is 17.4. The summed E-state index contributed by atoms with van der Waals surface area (Å²) in [5.74, 6) is 2.48. The average Bonchev–Trinajstić information content (AvgIpc) is 3.75. The van der Waals surface area contributed by atoms with Crippen LogP contribution in [0.5, 0.6) is 0 Å². The monoisotopic (exact) mass is 669 g/mol. The Morgan fingerprint density at radius 1 is 0.500 bits per heavy atom. The van der Waals surface area contributed by atoms with Crippen LogP contribution in [0.2, 0.25) is 0 Å². The molecule has 246 valence electrons. The van der Waals surface area contributed by atoms with E-state index in [4.69, 9.17) is 24.4 Å². The summed E-state index contributed by atoms with van der Waals surface area (Å²) in [6, 6.07) is 49.6. The van der Waals surface area contributed by atoms with E-state index in [0.29, 0.717) is 23.4 Å². The zero-order chi connectivity index (χ0) is 34.8. The number of rotatable bonds is 5. The first-order valence-corrected chi connectivity index (χ1v) is 17.4. The van der Waals surface area contributed by atoms with Gasteiger partial charge in [0.25, 0.3) is 0 Å². The number of hydrogen-bond acceptors (Lipinski definition) is 6. The molecule has 0 spiro atoms. The summed E-state index contributed by atoms with van der Waals surface area (Å²) in [6.07, 6.45) is 1.81. The number of aromatic nitrogens is 5. The first-order chi connectivity index (χ1) is 25.5. The topological polar surface area (TPSA) is 77.6 Å². The molecule has 0 radical (unpaired) electrons. The fourth-order valence-electron chi connectivity index (χ4n) is 7.56. The summed E-state index contributed by atoms with van der Waals surface area (Å²) in [5.41, 5.74) is 11.8. The molecule has 0 aliphatic heterocycles. The van der Waals surface area contributed by atoms with E-state index in [1.165, 1.54) is 22.3 Å². The Balaban J connectivity index is 1.14. The summed E-state index contributed by atoms with van der Waals surface area (Å²) in [4.78, 5) is 24.6. The zero-order valence-corrected chi connectivity index (χ0v) is 28.6. The molecule has 0 saturated heterocycles. The zero-order valence-electron chi connectivity index (χ0n) is 28.6. The molecule has 0 bridgehead atoms. The second-order valence-corrected chi connectivity index (χ2v) is 13.7. The number of benzene rings is 6. The van der Waals surface area contributed by atoms with Gasteiger partial charge in [-0.05, 0) is 70.1 Å². The lowest BCUT2D eigenvalue weighted by atomic mass is 9.81. The summed E-state index contributed by atoms with van der Waals surface area (Å²) in [5, 5.41) is 2.21. The van der Waals surface area contributed by atoms with Gasteiger partial charge in [0.15, 0.2) is 23.1 Å². The van der Waals surface area contributed by atoms with Crippen LogP contribution in [0.25, 0.3) is 89.9 Å². The van der Waals surface area contributed by atoms with Gasteiger partial charge in [-0.15, -0.1) is 0 Å².